The number of hydrogen-bond donors (Lipinski definition) is 2. The smallest absolute Gasteiger partial charge is 0.299 e. The van der Waals surface area contributed by atoms with Crippen LogP contribution in [0.25, 0.3) is 0 Å². The van der Waals surface area contributed by atoms with Crippen molar-refractivity contribution in [2.45, 2.75) is 0 Å². The zero-order valence-electron chi connectivity index (χ0n) is 3.54. The molecule has 0 aromatic heterocycles. The molecule has 0 aliphatic heterocycles. The number of hydrogen-bond acceptors (Lipinski definition) is 1. The quantitative estimate of drug-likeness (QED) is 0.276. The SMILES string of the molecule is O=P(O)(O)F.[Na+].[O+2]. The fraction of sp³-hybridized carbons (Fsp3) is 0. The van der Waals surface area contributed by atoms with Gasteiger partial charge in [-0.25, -0.2) is 4.57 Å². The van der Waals surface area contributed by atoms with Gasteiger partial charge in [0.2, 0.25) is 0 Å². The van der Waals surface area contributed by atoms with E-state index in [2.05, 4.69) is 0 Å². The van der Waals surface area contributed by atoms with Crippen LogP contribution in [0.2, 0.25) is 0 Å². The van der Waals surface area contributed by atoms with Crippen LogP contribution in [0.4, 0.5) is 4.20 Å². The zero-order chi connectivity index (χ0) is 4.50. The molecule has 0 saturated heterocycles. The van der Waals surface area contributed by atoms with Gasteiger partial charge in [0.25, 0.3) is 0 Å². The summed E-state index contributed by atoms with van der Waals surface area (Å²) < 4.78 is 19.0. The van der Waals surface area contributed by atoms with Crippen molar-refractivity contribution in [3.63, 3.8) is 0 Å². The molecule has 7 heavy (non-hydrogen) atoms. The largest absolute Gasteiger partial charge is 2.00 e. The molecular formula is H2FNaO4P+3. The minimum atomic E-state index is -5.14. The Hall–Kier alpha value is 1.04. The van der Waals surface area contributed by atoms with E-state index in [-0.39, 0.29) is 35.0 Å². The van der Waals surface area contributed by atoms with Gasteiger partial charge in [0.15, 0.2) is 0 Å². The second-order valence-corrected chi connectivity index (χ2v) is 1.42. The van der Waals surface area contributed by atoms with Crippen molar-refractivity contribution in [2.24, 2.45) is 0 Å². The molecular weight excluding hydrogens is 137 g/mol. The van der Waals surface area contributed by atoms with Crippen molar-refractivity contribution in [1.29, 1.82) is 0 Å². The fourth-order valence-electron chi connectivity index (χ4n) is 0. The average Bonchev–Trinajstić information content (AvgIpc) is 0.722. The second-order valence-electron chi connectivity index (χ2n) is 0.473. The van der Waals surface area contributed by atoms with Gasteiger partial charge in [0, 0.05) is 0 Å². The van der Waals surface area contributed by atoms with E-state index in [4.69, 9.17) is 14.4 Å². The number of halogens is 1. The first-order valence-corrected chi connectivity index (χ1v) is 2.25. The van der Waals surface area contributed by atoms with E-state index in [0.717, 1.165) is 0 Å². The molecule has 4 radical (unpaired) electrons. The molecule has 2 N–H and O–H groups in total. The van der Waals surface area contributed by atoms with Crippen LogP contribution < -0.4 is 29.6 Å². The Bertz CT molecular complexity index is 57.8. The summed E-state index contributed by atoms with van der Waals surface area (Å²) in [6.07, 6.45) is 0. The van der Waals surface area contributed by atoms with E-state index in [1.165, 1.54) is 0 Å². The van der Waals surface area contributed by atoms with Crippen molar-refractivity contribution in [3.8, 4) is 0 Å². The van der Waals surface area contributed by atoms with E-state index in [0.29, 0.717) is 0 Å². The van der Waals surface area contributed by atoms with Crippen molar-refractivity contribution in [2.75, 3.05) is 0 Å². The van der Waals surface area contributed by atoms with Crippen LogP contribution in [0.1, 0.15) is 0 Å². The normalized spacial score (nSPS) is 8.43. The standard InChI is InChI=1S/FH2O3P.Na.O/c1-5(2,3)4;;/h(H2,2,3,4);;/q;+1;+2. The summed E-state index contributed by atoms with van der Waals surface area (Å²) in [7, 11) is -5.14. The van der Waals surface area contributed by atoms with E-state index in [1.54, 1.807) is 0 Å². The predicted octanol–water partition coefficient (Wildman–Crippen LogP) is -3.07. The monoisotopic (exact) mass is 139 g/mol. The molecule has 0 bridgehead atoms. The first-order chi connectivity index (χ1) is 2.00. The summed E-state index contributed by atoms with van der Waals surface area (Å²) in [6.45, 7) is 0. The molecule has 0 spiro atoms. The zero-order valence-corrected chi connectivity index (χ0v) is 6.43. The van der Waals surface area contributed by atoms with E-state index < -0.39 is 7.91 Å². The van der Waals surface area contributed by atoms with Crippen molar-refractivity contribution < 1.29 is 53.6 Å². The van der Waals surface area contributed by atoms with Crippen LogP contribution in [0.5, 0.6) is 0 Å². The van der Waals surface area contributed by atoms with Crippen LogP contribution in [-0.4, -0.2) is 9.79 Å². The van der Waals surface area contributed by atoms with E-state index in [1.807, 2.05) is 0 Å². The Labute approximate surface area is 61.6 Å². The summed E-state index contributed by atoms with van der Waals surface area (Å²) >= 11 is 0. The molecule has 0 saturated carbocycles. The van der Waals surface area contributed by atoms with Gasteiger partial charge in [-0.2, -0.15) is 0 Å². The average molecular weight is 139 g/mol. The van der Waals surface area contributed by atoms with E-state index in [9.17, 15) is 4.20 Å². The first kappa shape index (κ1) is 15.7. The summed E-state index contributed by atoms with van der Waals surface area (Å²) in [5, 5.41) is 0. The van der Waals surface area contributed by atoms with Crippen LogP contribution >= 0.6 is 7.91 Å². The second kappa shape index (κ2) is 5.18. The predicted molar refractivity (Wildman–Crippen MR) is 13.8 cm³/mol. The number of rotatable bonds is 0. The van der Waals surface area contributed by atoms with Gasteiger partial charge in [0.1, 0.15) is 0 Å². The molecule has 0 fully saturated rings. The summed E-state index contributed by atoms with van der Waals surface area (Å²) in [5.41, 5.74) is 0. The van der Waals surface area contributed by atoms with Gasteiger partial charge in [-0.1, -0.05) is 0 Å². The van der Waals surface area contributed by atoms with Gasteiger partial charge >= 0.3 is 42.9 Å². The Morgan fingerprint density at radius 3 is 1.43 bits per heavy atom. The maximum absolute atomic E-state index is 10.4. The summed E-state index contributed by atoms with van der Waals surface area (Å²) in [4.78, 5) is 13.9. The molecule has 0 aliphatic rings. The molecule has 36 valence electrons. The molecule has 0 unspecified atom stereocenters. The van der Waals surface area contributed by atoms with Crippen molar-refractivity contribution in [1.82, 2.24) is 0 Å². The first-order valence-electron chi connectivity index (χ1n) is 0.752. The van der Waals surface area contributed by atoms with E-state index >= 15 is 0 Å². The molecule has 0 atom stereocenters. The Morgan fingerprint density at radius 2 is 1.43 bits per heavy atom. The van der Waals surface area contributed by atoms with Crippen molar-refractivity contribution in [3.05, 3.63) is 0 Å². The summed E-state index contributed by atoms with van der Waals surface area (Å²) in [6, 6.07) is 0. The van der Waals surface area contributed by atoms with Gasteiger partial charge in [-0.05, 0) is 0 Å². The van der Waals surface area contributed by atoms with Crippen molar-refractivity contribution >= 4 is 7.91 Å². The van der Waals surface area contributed by atoms with Gasteiger partial charge < -0.3 is 0 Å². The molecule has 0 aromatic rings. The maximum atomic E-state index is 10.4. The molecule has 0 amide bonds. The molecule has 0 aromatic carbocycles. The fourth-order valence-corrected chi connectivity index (χ4v) is 0. The third-order valence-electron chi connectivity index (χ3n) is 0. The third kappa shape index (κ3) is 165. The van der Waals surface area contributed by atoms with Gasteiger partial charge in [-0.15, -0.1) is 4.20 Å². The van der Waals surface area contributed by atoms with Crippen LogP contribution in [-0.2, 0) is 10.0 Å². The molecule has 0 heterocycles. The van der Waals surface area contributed by atoms with Gasteiger partial charge in [0.05, 0.1) is 0 Å². The molecule has 0 rings (SSSR count). The maximum Gasteiger partial charge on any atom is 2.00 e. The topological polar surface area (TPSA) is 86.0 Å². The van der Waals surface area contributed by atoms with Crippen LogP contribution in [0, 0.1) is 0 Å². The Kier molecular flexibility index (Phi) is 11.6. The Balaban J connectivity index is -0.0000000800. The molecule has 0 aliphatic carbocycles. The van der Waals surface area contributed by atoms with Crippen LogP contribution in [0.3, 0.4) is 0 Å². The van der Waals surface area contributed by atoms with Crippen LogP contribution in [0.15, 0.2) is 0 Å². The minimum Gasteiger partial charge on any atom is -0.299 e. The molecule has 7 heteroatoms. The summed E-state index contributed by atoms with van der Waals surface area (Å²) in [5.74, 6) is 0. The Morgan fingerprint density at radius 1 is 1.43 bits per heavy atom. The third-order valence-corrected chi connectivity index (χ3v) is 0. The van der Waals surface area contributed by atoms with Gasteiger partial charge in [-0.3, -0.25) is 9.79 Å². The molecule has 4 nitrogen and oxygen atoms in total. The minimum absolute atomic E-state index is 0.